The summed E-state index contributed by atoms with van der Waals surface area (Å²) in [6, 6.07) is 2.04. The van der Waals surface area contributed by atoms with Crippen molar-refractivity contribution >= 4 is 5.82 Å². The van der Waals surface area contributed by atoms with Gasteiger partial charge in [0.25, 0.3) is 0 Å². The van der Waals surface area contributed by atoms with Crippen LogP contribution in [0, 0.1) is 0 Å². The van der Waals surface area contributed by atoms with Crippen molar-refractivity contribution < 1.29 is 0 Å². The van der Waals surface area contributed by atoms with E-state index in [1.807, 2.05) is 20.2 Å². The fraction of sp³-hybridized carbons (Fsp3) is 0.667. The van der Waals surface area contributed by atoms with Gasteiger partial charge in [-0.2, -0.15) is 0 Å². The SMILES string of the molecule is CCNc1cc(C(C)C)nc(CN(C)C)n1. The molecule has 0 amide bonds. The maximum absolute atomic E-state index is 4.56. The van der Waals surface area contributed by atoms with Crippen molar-refractivity contribution in [3.63, 3.8) is 0 Å². The third kappa shape index (κ3) is 3.77. The Morgan fingerprint density at radius 2 is 2.00 bits per heavy atom. The van der Waals surface area contributed by atoms with Crippen LogP contribution in [0.25, 0.3) is 0 Å². The van der Waals surface area contributed by atoms with E-state index in [0.717, 1.165) is 30.4 Å². The molecule has 1 rings (SSSR count). The van der Waals surface area contributed by atoms with E-state index >= 15 is 0 Å². The normalized spacial score (nSPS) is 11.2. The van der Waals surface area contributed by atoms with Crippen LogP contribution in [0.1, 0.15) is 38.2 Å². The molecule has 0 aliphatic heterocycles. The third-order valence-corrected chi connectivity index (χ3v) is 2.20. The second-order valence-electron chi connectivity index (χ2n) is 4.52. The number of nitrogens with one attached hydrogen (secondary N) is 1. The average Bonchev–Trinajstić information content (AvgIpc) is 2.16. The van der Waals surface area contributed by atoms with Crippen molar-refractivity contribution in [2.75, 3.05) is 26.0 Å². The maximum Gasteiger partial charge on any atom is 0.144 e. The Morgan fingerprint density at radius 1 is 1.31 bits per heavy atom. The van der Waals surface area contributed by atoms with E-state index in [2.05, 4.69) is 41.0 Å². The molecule has 0 saturated carbocycles. The molecule has 0 saturated heterocycles. The number of aromatic nitrogens is 2. The van der Waals surface area contributed by atoms with Gasteiger partial charge in [0.15, 0.2) is 0 Å². The summed E-state index contributed by atoms with van der Waals surface area (Å²) in [6.45, 7) is 8.03. The van der Waals surface area contributed by atoms with Gasteiger partial charge in [-0.05, 0) is 26.9 Å². The van der Waals surface area contributed by atoms with Gasteiger partial charge in [0, 0.05) is 18.3 Å². The molecule has 0 radical (unpaired) electrons. The van der Waals surface area contributed by atoms with E-state index in [1.165, 1.54) is 0 Å². The van der Waals surface area contributed by atoms with E-state index in [4.69, 9.17) is 0 Å². The number of anilines is 1. The molecule has 4 heteroatoms. The Balaban J connectivity index is 2.98. The van der Waals surface area contributed by atoms with E-state index in [9.17, 15) is 0 Å². The third-order valence-electron chi connectivity index (χ3n) is 2.20. The molecule has 0 atom stereocenters. The molecule has 4 nitrogen and oxygen atoms in total. The Morgan fingerprint density at radius 3 is 2.50 bits per heavy atom. The predicted octanol–water partition coefficient (Wildman–Crippen LogP) is 2.09. The predicted molar refractivity (Wildman–Crippen MR) is 67.7 cm³/mol. The van der Waals surface area contributed by atoms with Crippen molar-refractivity contribution in [3.8, 4) is 0 Å². The second kappa shape index (κ2) is 5.80. The van der Waals surface area contributed by atoms with Gasteiger partial charge in [-0.25, -0.2) is 9.97 Å². The van der Waals surface area contributed by atoms with Crippen LogP contribution < -0.4 is 5.32 Å². The van der Waals surface area contributed by atoms with Crippen molar-refractivity contribution in [1.29, 1.82) is 0 Å². The molecule has 0 fully saturated rings. The fourth-order valence-electron chi connectivity index (χ4n) is 1.44. The zero-order valence-electron chi connectivity index (χ0n) is 10.9. The van der Waals surface area contributed by atoms with Crippen LogP contribution in [0.15, 0.2) is 6.07 Å². The molecule has 1 heterocycles. The summed E-state index contributed by atoms with van der Waals surface area (Å²) in [4.78, 5) is 11.1. The molecule has 90 valence electrons. The Labute approximate surface area is 98.1 Å². The zero-order chi connectivity index (χ0) is 12.1. The molecule has 1 N–H and O–H groups in total. The molecule has 1 aromatic rings. The van der Waals surface area contributed by atoms with E-state index in [-0.39, 0.29) is 0 Å². The summed E-state index contributed by atoms with van der Waals surface area (Å²) in [5.74, 6) is 2.24. The van der Waals surface area contributed by atoms with E-state index in [1.54, 1.807) is 0 Å². The molecule has 1 aromatic heterocycles. The smallest absolute Gasteiger partial charge is 0.144 e. The lowest BCUT2D eigenvalue weighted by molar-refractivity contribution is 0.389. The fourth-order valence-corrected chi connectivity index (χ4v) is 1.44. The monoisotopic (exact) mass is 222 g/mol. The van der Waals surface area contributed by atoms with Gasteiger partial charge < -0.3 is 10.2 Å². The molecule has 0 unspecified atom stereocenters. The van der Waals surface area contributed by atoms with Crippen LogP contribution in [-0.4, -0.2) is 35.5 Å². The summed E-state index contributed by atoms with van der Waals surface area (Å²) >= 11 is 0. The zero-order valence-corrected chi connectivity index (χ0v) is 10.9. The minimum Gasteiger partial charge on any atom is -0.370 e. The topological polar surface area (TPSA) is 41.1 Å². The first-order valence-electron chi connectivity index (χ1n) is 5.79. The Hall–Kier alpha value is -1.16. The van der Waals surface area contributed by atoms with Gasteiger partial charge in [-0.3, -0.25) is 0 Å². The van der Waals surface area contributed by atoms with Gasteiger partial charge in [-0.1, -0.05) is 13.8 Å². The summed E-state index contributed by atoms with van der Waals surface area (Å²) in [5, 5.41) is 3.25. The van der Waals surface area contributed by atoms with Crippen molar-refractivity contribution in [3.05, 3.63) is 17.6 Å². The van der Waals surface area contributed by atoms with Crippen LogP contribution in [0.3, 0.4) is 0 Å². The highest BCUT2D eigenvalue weighted by Crippen LogP contribution is 2.15. The first-order valence-corrected chi connectivity index (χ1v) is 5.79. The highest BCUT2D eigenvalue weighted by atomic mass is 15.1. The lowest BCUT2D eigenvalue weighted by Gasteiger charge is -2.13. The van der Waals surface area contributed by atoms with E-state index < -0.39 is 0 Å². The van der Waals surface area contributed by atoms with Crippen LogP contribution in [0.4, 0.5) is 5.82 Å². The lowest BCUT2D eigenvalue weighted by Crippen LogP contribution is -2.15. The maximum atomic E-state index is 4.56. The number of nitrogens with zero attached hydrogens (tertiary/aromatic N) is 3. The highest BCUT2D eigenvalue weighted by Gasteiger charge is 2.07. The molecular weight excluding hydrogens is 200 g/mol. The summed E-state index contributed by atoms with van der Waals surface area (Å²) in [7, 11) is 4.05. The molecule has 0 aliphatic rings. The van der Waals surface area contributed by atoms with Gasteiger partial charge >= 0.3 is 0 Å². The van der Waals surface area contributed by atoms with Crippen LogP contribution in [0.2, 0.25) is 0 Å². The van der Waals surface area contributed by atoms with Crippen molar-refractivity contribution in [1.82, 2.24) is 14.9 Å². The summed E-state index contributed by atoms with van der Waals surface area (Å²) < 4.78 is 0. The molecule has 0 spiro atoms. The summed E-state index contributed by atoms with van der Waals surface area (Å²) in [6.07, 6.45) is 0. The Kier molecular flexibility index (Phi) is 4.68. The quantitative estimate of drug-likeness (QED) is 0.828. The van der Waals surface area contributed by atoms with Crippen molar-refractivity contribution in [2.45, 2.75) is 33.2 Å². The second-order valence-corrected chi connectivity index (χ2v) is 4.52. The standard InChI is InChI=1S/C12H22N4/c1-6-13-11-7-10(9(2)3)14-12(15-11)8-16(4)5/h7,9H,6,8H2,1-5H3,(H,13,14,15). The molecule has 0 aliphatic carbocycles. The van der Waals surface area contributed by atoms with Gasteiger partial charge in [0.1, 0.15) is 11.6 Å². The summed E-state index contributed by atoms with van der Waals surface area (Å²) in [5.41, 5.74) is 1.10. The van der Waals surface area contributed by atoms with Gasteiger partial charge in [-0.15, -0.1) is 0 Å². The minimum absolute atomic E-state index is 0.432. The highest BCUT2D eigenvalue weighted by molar-refractivity contribution is 5.36. The largest absolute Gasteiger partial charge is 0.370 e. The number of hydrogen-bond donors (Lipinski definition) is 1. The van der Waals surface area contributed by atoms with Gasteiger partial charge in [0.05, 0.1) is 6.54 Å². The first kappa shape index (κ1) is 12.9. The molecule has 0 aromatic carbocycles. The molecule has 16 heavy (non-hydrogen) atoms. The van der Waals surface area contributed by atoms with Crippen LogP contribution >= 0.6 is 0 Å². The lowest BCUT2D eigenvalue weighted by atomic mass is 10.1. The van der Waals surface area contributed by atoms with E-state index in [0.29, 0.717) is 5.92 Å². The molecule has 0 bridgehead atoms. The van der Waals surface area contributed by atoms with Crippen molar-refractivity contribution in [2.24, 2.45) is 0 Å². The van der Waals surface area contributed by atoms with Gasteiger partial charge in [0.2, 0.25) is 0 Å². The van der Waals surface area contributed by atoms with Crippen LogP contribution in [0.5, 0.6) is 0 Å². The number of hydrogen-bond acceptors (Lipinski definition) is 4. The molecular formula is C12H22N4. The first-order chi connectivity index (χ1) is 7.52. The number of rotatable bonds is 5. The Bertz CT molecular complexity index is 334. The minimum atomic E-state index is 0.432. The van der Waals surface area contributed by atoms with Crippen LogP contribution in [-0.2, 0) is 6.54 Å². The average molecular weight is 222 g/mol.